The summed E-state index contributed by atoms with van der Waals surface area (Å²) in [6.45, 7) is 10.2. The van der Waals surface area contributed by atoms with Crippen molar-refractivity contribution < 1.29 is 33.4 Å². The van der Waals surface area contributed by atoms with Gasteiger partial charge in [-0.15, -0.1) is 6.42 Å². The second-order valence-corrected chi connectivity index (χ2v) is 9.72. The number of nitrogens with zero attached hydrogens (tertiary/aromatic N) is 1. The number of hydrogen-bond acceptors (Lipinski definition) is 7. The molecule has 208 valence electrons. The van der Waals surface area contributed by atoms with Crippen LogP contribution in [0.2, 0.25) is 0 Å². The van der Waals surface area contributed by atoms with Gasteiger partial charge in [0.15, 0.2) is 0 Å². The minimum atomic E-state index is -1.40. The second-order valence-electron chi connectivity index (χ2n) is 9.72. The maximum absolute atomic E-state index is 13.8. The molecule has 11 nitrogen and oxygen atoms in total. The Morgan fingerprint density at radius 2 is 1.71 bits per heavy atom. The molecule has 0 aliphatic carbocycles. The number of nitrogens with one attached hydrogen (secondary N) is 2. The summed E-state index contributed by atoms with van der Waals surface area (Å²) in [5, 5.41) is 5.07. The van der Waals surface area contributed by atoms with E-state index in [4.69, 9.17) is 21.6 Å². The summed E-state index contributed by atoms with van der Waals surface area (Å²) >= 11 is 0. The molecule has 0 saturated heterocycles. The summed E-state index contributed by atoms with van der Waals surface area (Å²) in [4.78, 5) is 64.5. The fraction of sp³-hybridized carbons (Fsp3) is 0.519. The molecule has 1 aromatic rings. The lowest BCUT2D eigenvalue weighted by Gasteiger charge is -2.37. The molecular formula is C27H38N4O7. The lowest BCUT2D eigenvalue weighted by molar-refractivity contribution is -0.146. The SMILES string of the molecule is C#Cc1ccc(C(C(=O)NCCC(=O)OCC)N(C(=O)C(CC(N)=O)NC(=O)OC(C)(C)C)C(C)C)cc1. The van der Waals surface area contributed by atoms with Crippen LogP contribution in [0, 0.1) is 12.3 Å². The Morgan fingerprint density at radius 1 is 1.11 bits per heavy atom. The van der Waals surface area contributed by atoms with E-state index in [0.717, 1.165) is 0 Å². The van der Waals surface area contributed by atoms with Crippen molar-refractivity contribution in [1.82, 2.24) is 15.5 Å². The minimum Gasteiger partial charge on any atom is -0.466 e. The number of hydrogen-bond donors (Lipinski definition) is 3. The first-order valence-corrected chi connectivity index (χ1v) is 12.3. The summed E-state index contributed by atoms with van der Waals surface area (Å²) < 4.78 is 10.1. The molecule has 0 spiro atoms. The van der Waals surface area contributed by atoms with Gasteiger partial charge in [-0.3, -0.25) is 19.2 Å². The fourth-order valence-electron chi connectivity index (χ4n) is 3.53. The Kier molecular flexibility index (Phi) is 12.3. The Morgan fingerprint density at radius 3 is 2.18 bits per heavy atom. The summed E-state index contributed by atoms with van der Waals surface area (Å²) in [5.41, 5.74) is 5.50. The summed E-state index contributed by atoms with van der Waals surface area (Å²) in [6.07, 6.45) is 3.95. The molecule has 4 amide bonds. The van der Waals surface area contributed by atoms with Gasteiger partial charge in [0.1, 0.15) is 17.7 Å². The van der Waals surface area contributed by atoms with E-state index in [2.05, 4.69) is 16.6 Å². The van der Waals surface area contributed by atoms with E-state index >= 15 is 0 Å². The van der Waals surface area contributed by atoms with Crippen molar-refractivity contribution in [1.29, 1.82) is 0 Å². The quantitative estimate of drug-likeness (QED) is 0.275. The van der Waals surface area contributed by atoms with E-state index in [-0.39, 0.29) is 19.6 Å². The number of ether oxygens (including phenoxy) is 2. The van der Waals surface area contributed by atoms with Gasteiger partial charge in [-0.1, -0.05) is 18.1 Å². The summed E-state index contributed by atoms with van der Waals surface area (Å²) in [7, 11) is 0. The zero-order valence-electron chi connectivity index (χ0n) is 22.8. The minimum absolute atomic E-state index is 0.0302. The Bertz CT molecular complexity index is 1040. The van der Waals surface area contributed by atoms with Crippen LogP contribution in [0.4, 0.5) is 4.79 Å². The van der Waals surface area contributed by atoms with Crippen LogP contribution in [-0.2, 0) is 28.7 Å². The third kappa shape index (κ3) is 10.5. The van der Waals surface area contributed by atoms with Crippen LogP contribution in [0.25, 0.3) is 0 Å². The maximum atomic E-state index is 13.8. The predicted molar refractivity (Wildman–Crippen MR) is 140 cm³/mol. The highest BCUT2D eigenvalue weighted by atomic mass is 16.6. The molecular weight excluding hydrogens is 492 g/mol. The van der Waals surface area contributed by atoms with Crippen LogP contribution in [-0.4, -0.2) is 65.5 Å². The Hall–Kier alpha value is -4.07. The van der Waals surface area contributed by atoms with Crippen LogP contribution < -0.4 is 16.4 Å². The van der Waals surface area contributed by atoms with Gasteiger partial charge in [-0.25, -0.2) is 4.79 Å². The standard InChI is InChI=1S/C27H38N4O7/c1-8-18-10-12-19(13-11-18)23(24(34)29-15-14-22(33)37-9-2)31(17(3)4)25(35)20(16-21(28)32)30-26(36)38-27(5,6)7/h1,10-13,17,20,23H,9,14-16H2,2-7H3,(H2,28,32)(H,29,34)(H,30,36). The normalized spacial score (nSPS) is 12.5. The molecule has 0 aliphatic heterocycles. The fourth-order valence-corrected chi connectivity index (χ4v) is 3.53. The summed E-state index contributed by atoms with van der Waals surface area (Å²) in [5.74, 6) is -0.139. The van der Waals surface area contributed by atoms with Crippen molar-refractivity contribution in [3.8, 4) is 12.3 Å². The van der Waals surface area contributed by atoms with Crippen molar-refractivity contribution in [2.45, 2.75) is 78.1 Å². The van der Waals surface area contributed by atoms with Gasteiger partial charge in [0.05, 0.1) is 19.4 Å². The van der Waals surface area contributed by atoms with Crippen molar-refractivity contribution in [3.63, 3.8) is 0 Å². The number of rotatable bonds is 12. The second kappa shape index (κ2) is 14.6. The first-order chi connectivity index (χ1) is 17.7. The van der Waals surface area contributed by atoms with E-state index in [1.54, 1.807) is 65.8 Å². The zero-order chi connectivity index (χ0) is 29.0. The number of carbonyl (C=O) groups excluding carboxylic acids is 5. The van der Waals surface area contributed by atoms with Crippen LogP contribution in [0.1, 0.15) is 71.6 Å². The smallest absolute Gasteiger partial charge is 0.408 e. The molecule has 0 heterocycles. The zero-order valence-corrected chi connectivity index (χ0v) is 22.8. The molecule has 1 rings (SSSR count). The lowest BCUT2D eigenvalue weighted by Crippen LogP contribution is -2.56. The van der Waals surface area contributed by atoms with Crippen molar-refractivity contribution in [2.75, 3.05) is 13.2 Å². The molecule has 0 fully saturated rings. The molecule has 2 unspecified atom stereocenters. The first kappa shape index (κ1) is 32.0. The number of nitrogens with two attached hydrogens (primary N) is 1. The number of esters is 1. The van der Waals surface area contributed by atoms with Crippen LogP contribution in [0.5, 0.6) is 0 Å². The number of amides is 4. The number of primary amides is 1. The molecule has 0 aliphatic rings. The van der Waals surface area contributed by atoms with E-state index in [9.17, 15) is 24.0 Å². The highest BCUT2D eigenvalue weighted by Crippen LogP contribution is 2.26. The highest BCUT2D eigenvalue weighted by molar-refractivity contribution is 5.94. The molecule has 38 heavy (non-hydrogen) atoms. The summed E-state index contributed by atoms with van der Waals surface area (Å²) in [6, 6.07) is 3.31. The predicted octanol–water partition coefficient (Wildman–Crippen LogP) is 1.78. The largest absolute Gasteiger partial charge is 0.466 e. The molecule has 0 bridgehead atoms. The van der Waals surface area contributed by atoms with Gasteiger partial charge < -0.3 is 30.7 Å². The van der Waals surface area contributed by atoms with Gasteiger partial charge in [0, 0.05) is 18.2 Å². The molecule has 4 N–H and O–H groups in total. The van der Waals surface area contributed by atoms with Crippen LogP contribution in [0.3, 0.4) is 0 Å². The number of alkyl carbamates (subject to hydrolysis) is 1. The van der Waals surface area contributed by atoms with E-state index < -0.39 is 59.9 Å². The number of benzene rings is 1. The average Bonchev–Trinajstić information content (AvgIpc) is 2.80. The molecule has 1 aromatic carbocycles. The van der Waals surface area contributed by atoms with Crippen molar-refractivity contribution in [3.05, 3.63) is 35.4 Å². The third-order valence-corrected chi connectivity index (χ3v) is 5.06. The van der Waals surface area contributed by atoms with Crippen molar-refractivity contribution >= 4 is 29.8 Å². The van der Waals surface area contributed by atoms with Gasteiger partial charge >= 0.3 is 12.1 Å². The van der Waals surface area contributed by atoms with Crippen molar-refractivity contribution in [2.24, 2.45) is 5.73 Å². The van der Waals surface area contributed by atoms with E-state index in [1.165, 1.54) is 4.90 Å². The van der Waals surface area contributed by atoms with Crippen LogP contribution in [0.15, 0.2) is 24.3 Å². The molecule has 11 heteroatoms. The molecule has 0 aromatic heterocycles. The molecule has 0 radical (unpaired) electrons. The Labute approximate surface area is 223 Å². The van der Waals surface area contributed by atoms with Gasteiger partial charge in [0.2, 0.25) is 17.7 Å². The van der Waals surface area contributed by atoms with Gasteiger partial charge in [0.25, 0.3) is 0 Å². The molecule has 2 atom stereocenters. The monoisotopic (exact) mass is 530 g/mol. The number of terminal acetylenes is 1. The first-order valence-electron chi connectivity index (χ1n) is 12.3. The topological polar surface area (TPSA) is 157 Å². The Balaban J connectivity index is 3.41. The van der Waals surface area contributed by atoms with E-state index in [0.29, 0.717) is 11.1 Å². The lowest BCUT2D eigenvalue weighted by atomic mass is 9.99. The van der Waals surface area contributed by atoms with Crippen LogP contribution >= 0.6 is 0 Å². The maximum Gasteiger partial charge on any atom is 0.408 e. The highest BCUT2D eigenvalue weighted by Gasteiger charge is 2.38. The molecule has 0 saturated carbocycles. The van der Waals surface area contributed by atoms with Gasteiger partial charge in [-0.2, -0.15) is 0 Å². The third-order valence-electron chi connectivity index (χ3n) is 5.06. The average molecular weight is 531 g/mol. The number of carbonyl (C=O) groups is 5. The van der Waals surface area contributed by atoms with E-state index in [1.807, 2.05) is 0 Å². The van der Waals surface area contributed by atoms with Gasteiger partial charge in [-0.05, 0) is 59.2 Å².